The van der Waals surface area contributed by atoms with Crippen LogP contribution in [0.25, 0.3) is 22.2 Å². The van der Waals surface area contributed by atoms with Crippen molar-refractivity contribution in [2.24, 2.45) is 5.41 Å². The molecule has 2 aromatic heterocycles. The molecule has 3 N–H and O–H groups in total. The molecule has 48 heavy (non-hydrogen) atoms. The van der Waals surface area contributed by atoms with Crippen molar-refractivity contribution in [1.29, 1.82) is 0 Å². The minimum Gasteiger partial charge on any atom is -0.444 e. The summed E-state index contributed by atoms with van der Waals surface area (Å²) in [6.07, 6.45) is 7.93. The molecule has 4 fully saturated rings. The molecule has 2 bridgehead atoms. The van der Waals surface area contributed by atoms with Crippen LogP contribution < -0.4 is 16.0 Å². The lowest BCUT2D eigenvalue weighted by Gasteiger charge is -2.69. The van der Waals surface area contributed by atoms with Crippen molar-refractivity contribution < 1.29 is 22.7 Å². The highest BCUT2D eigenvalue weighted by Crippen LogP contribution is 2.67. The Kier molecular flexibility index (Phi) is 7.94. The first-order valence-corrected chi connectivity index (χ1v) is 18.1. The van der Waals surface area contributed by atoms with E-state index in [1.807, 2.05) is 32.9 Å². The molecule has 4 aromatic rings. The number of nitrogens with one attached hydrogen (secondary N) is 3. The Labute approximate surface area is 284 Å². The highest BCUT2D eigenvalue weighted by Gasteiger charge is 2.72. The number of nitrogens with zero attached hydrogens (tertiary/aromatic N) is 3. The second-order valence-electron chi connectivity index (χ2n) is 14.5. The van der Waals surface area contributed by atoms with Crippen molar-refractivity contribution in [3.05, 3.63) is 72.0 Å². The number of carbonyl (C=O) groups excluding carboxylic acids is 2. The van der Waals surface area contributed by atoms with Crippen molar-refractivity contribution in [1.82, 2.24) is 24.6 Å². The minimum absolute atomic E-state index is 0.000444. The molecule has 13 heteroatoms. The van der Waals surface area contributed by atoms with E-state index in [1.54, 1.807) is 48.7 Å². The number of rotatable bonds is 8. The number of hydrogen-bond acceptors (Lipinski definition) is 8. The first kappa shape index (κ1) is 32.4. The largest absolute Gasteiger partial charge is 0.444 e. The zero-order chi connectivity index (χ0) is 33.9. The van der Waals surface area contributed by atoms with E-state index in [2.05, 4.69) is 20.9 Å². The van der Waals surface area contributed by atoms with Crippen molar-refractivity contribution >= 4 is 50.5 Å². The molecule has 4 saturated carbocycles. The van der Waals surface area contributed by atoms with Gasteiger partial charge in [0.05, 0.1) is 32.7 Å². The van der Waals surface area contributed by atoms with E-state index in [0.29, 0.717) is 58.8 Å². The number of carbonyl (C=O) groups is 2. The van der Waals surface area contributed by atoms with Crippen LogP contribution >= 0.6 is 11.6 Å². The third-order valence-electron chi connectivity index (χ3n) is 9.60. The number of hydrogen-bond donors (Lipinski definition) is 3. The van der Waals surface area contributed by atoms with E-state index >= 15 is 0 Å². The van der Waals surface area contributed by atoms with Gasteiger partial charge in [0.1, 0.15) is 5.60 Å². The Hall–Kier alpha value is -4.16. The lowest BCUT2D eigenvalue weighted by atomic mass is 9.39. The SMILES string of the molecule is CC(C)(C)OC(=O)NC12CC(C(=O)N[C@H]3CCC[C@@H](Nc4ncc(Cl)c(-c5cn(S(=O)(=O)c6ccccc6)c6ccccc56)n4)C3)(C1)C2. The standard InChI is InChI=1S/C35H39ClN6O5S/c1-33(2,3)47-32(44)41-35-19-34(20-35,21-35)30(43)38-22-10-9-11-23(16-22)39-31-37-17-27(36)29(40-31)26-18-42(28-15-8-7-14-25(26)28)48(45,46)24-12-5-4-6-13-24/h4-8,12-15,17-18,22-23H,9-11,16,19-21H2,1-3H3,(H,38,43)(H,41,44)(H,37,39,40)/t22-,23+,34?,35?/m0/s1. The summed E-state index contributed by atoms with van der Waals surface area (Å²) in [5.41, 5.74) is 0.187. The molecule has 252 valence electrons. The molecule has 0 aliphatic heterocycles. The molecule has 4 aliphatic carbocycles. The van der Waals surface area contributed by atoms with Crippen LogP contribution in [0.5, 0.6) is 0 Å². The summed E-state index contributed by atoms with van der Waals surface area (Å²) in [6, 6.07) is 15.6. The molecule has 2 atom stereocenters. The number of aromatic nitrogens is 3. The van der Waals surface area contributed by atoms with Gasteiger partial charge in [-0.1, -0.05) is 48.0 Å². The minimum atomic E-state index is -3.88. The molecule has 0 saturated heterocycles. The maximum Gasteiger partial charge on any atom is 0.408 e. The number of benzene rings is 2. The molecule has 2 amide bonds. The normalized spacial score (nSPS) is 25.0. The summed E-state index contributed by atoms with van der Waals surface area (Å²) in [5, 5.41) is 10.7. The summed E-state index contributed by atoms with van der Waals surface area (Å²) < 4.78 is 33.9. The average Bonchev–Trinajstić information content (AvgIpc) is 3.39. The number of para-hydroxylation sites is 1. The van der Waals surface area contributed by atoms with Gasteiger partial charge in [0.2, 0.25) is 11.9 Å². The fourth-order valence-corrected chi connectivity index (χ4v) is 9.11. The lowest BCUT2D eigenvalue weighted by Crippen LogP contribution is -2.78. The van der Waals surface area contributed by atoms with Gasteiger partial charge >= 0.3 is 6.09 Å². The topological polar surface area (TPSA) is 144 Å². The zero-order valence-corrected chi connectivity index (χ0v) is 28.7. The highest BCUT2D eigenvalue weighted by molar-refractivity contribution is 7.90. The predicted molar refractivity (Wildman–Crippen MR) is 183 cm³/mol. The Morgan fingerprint density at radius 1 is 1.00 bits per heavy atom. The molecule has 8 rings (SSSR count). The number of alkyl carbamates (subject to hydrolysis) is 1. The average molecular weight is 691 g/mol. The summed E-state index contributed by atoms with van der Waals surface area (Å²) in [5.74, 6) is 0.427. The van der Waals surface area contributed by atoms with Gasteiger partial charge in [-0.2, -0.15) is 0 Å². The van der Waals surface area contributed by atoms with Gasteiger partial charge in [-0.25, -0.2) is 27.2 Å². The van der Waals surface area contributed by atoms with E-state index < -0.39 is 27.1 Å². The number of anilines is 1. The summed E-state index contributed by atoms with van der Waals surface area (Å²) in [7, 11) is -3.88. The van der Waals surface area contributed by atoms with E-state index in [4.69, 9.17) is 21.3 Å². The fraction of sp³-hybridized carbons (Fsp3) is 0.429. The van der Waals surface area contributed by atoms with E-state index in [1.165, 1.54) is 10.2 Å². The molecule has 11 nitrogen and oxygen atoms in total. The van der Waals surface area contributed by atoms with Crippen LogP contribution in [0.2, 0.25) is 5.02 Å². The number of fused-ring (bicyclic) bond motifs is 1. The van der Waals surface area contributed by atoms with Gasteiger partial charge in [0.25, 0.3) is 10.0 Å². The Morgan fingerprint density at radius 2 is 1.69 bits per heavy atom. The van der Waals surface area contributed by atoms with Crippen LogP contribution in [0, 0.1) is 5.41 Å². The van der Waals surface area contributed by atoms with Gasteiger partial charge in [-0.05, 0) is 83.9 Å². The Balaban J connectivity index is 1.03. The quantitative estimate of drug-likeness (QED) is 0.196. The molecule has 4 aliphatic rings. The van der Waals surface area contributed by atoms with Crippen molar-refractivity contribution in [2.75, 3.05) is 5.32 Å². The first-order chi connectivity index (χ1) is 22.8. The van der Waals surface area contributed by atoms with Crippen LogP contribution in [-0.2, 0) is 19.6 Å². The summed E-state index contributed by atoms with van der Waals surface area (Å²) in [4.78, 5) is 35.0. The van der Waals surface area contributed by atoms with Crippen LogP contribution in [0.15, 0.2) is 71.9 Å². The zero-order valence-electron chi connectivity index (χ0n) is 27.1. The molecule has 0 radical (unpaired) electrons. The maximum atomic E-state index is 13.6. The van der Waals surface area contributed by atoms with Crippen molar-refractivity contribution in [2.45, 2.75) is 93.8 Å². The van der Waals surface area contributed by atoms with Gasteiger partial charge < -0.3 is 20.7 Å². The fourth-order valence-electron chi connectivity index (χ4n) is 7.52. The third kappa shape index (κ3) is 6.00. The van der Waals surface area contributed by atoms with Gasteiger partial charge in [-0.15, -0.1) is 0 Å². The third-order valence-corrected chi connectivity index (χ3v) is 11.6. The number of amides is 2. The molecule has 0 spiro atoms. The Morgan fingerprint density at radius 3 is 2.42 bits per heavy atom. The first-order valence-electron chi connectivity index (χ1n) is 16.3. The molecule has 2 aromatic carbocycles. The highest BCUT2D eigenvalue weighted by atomic mass is 35.5. The summed E-state index contributed by atoms with van der Waals surface area (Å²) in [6.45, 7) is 5.49. The van der Waals surface area contributed by atoms with Crippen LogP contribution in [0.3, 0.4) is 0 Å². The van der Waals surface area contributed by atoms with Crippen LogP contribution in [0.4, 0.5) is 10.7 Å². The van der Waals surface area contributed by atoms with E-state index in [0.717, 1.165) is 19.3 Å². The van der Waals surface area contributed by atoms with Gasteiger partial charge in [0.15, 0.2) is 0 Å². The van der Waals surface area contributed by atoms with E-state index in [-0.39, 0.29) is 28.4 Å². The smallest absolute Gasteiger partial charge is 0.408 e. The number of halogens is 1. The van der Waals surface area contributed by atoms with Crippen molar-refractivity contribution in [3.63, 3.8) is 0 Å². The lowest BCUT2D eigenvalue weighted by molar-refractivity contribution is -0.180. The van der Waals surface area contributed by atoms with E-state index in [9.17, 15) is 18.0 Å². The maximum absolute atomic E-state index is 13.6. The monoisotopic (exact) mass is 690 g/mol. The second-order valence-corrected chi connectivity index (χ2v) is 16.7. The van der Waals surface area contributed by atoms with Gasteiger partial charge in [-0.3, -0.25) is 4.79 Å². The van der Waals surface area contributed by atoms with Crippen LogP contribution in [0.1, 0.15) is 65.7 Å². The summed E-state index contributed by atoms with van der Waals surface area (Å²) >= 11 is 6.64. The predicted octanol–water partition coefficient (Wildman–Crippen LogP) is 6.28. The van der Waals surface area contributed by atoms with Crippen molar-refractivity contribution in [3.8, 4) is 11.3 Å². The number of ether oxygens (including phenoxy) is 1. The molecule has 0 unspecified atom stereocenters. The molecular formula is C35H39ClN6O5S. The Bertz CT molecular complexity index is 1990. The molecular weight excluding hydrogens is 652 g/mol. The van der Waals surface area contributed by atoms with Crippen LogP contribution in [-0.4, -0.2) is 57.6 Å². The van der Waals surface area contributed by atoms with Gasteiger partial charge in [0, 0.05) is 34.8 Å². The second kappa shape index (κ2) is 11.8. The molecule has 2 heterocycles.